The van der Waals surface area contributed by atoms with E-state index in [1.807, 2.05) is 0 Å². The van der Waals surface area contributed by atoms with Gasteiger partial charge in [-0.1, -0.05) is 17.7 Å². The van der Waals surface area contributed by atoms with Gasteiger partial charge >= 0.3 is 30.9 Å². The predicted octanol–water partition coefficient (Wildman–Crippen LogP) is 0.782. The molecule has 0 spiro atoms. The average molecular weight is 781 g/mol. The Bertz CT molecular complexity index is 2060. The van der Waals surface area contributed by atoms with Gasteiger partial charge in [-0.15, -0.1) is 0 Å². The number of carboxylic acid groups (broad SMARTS) is 1. The number of nitrogens with one attached hydrogen (secondary N) is 3. The third-order valence-corrected chi connectivity index (χ3v) is 8.65. The second-order valence-electron chi connectivity index (χ2n) is 11.7. The van der Waals surface area contributed by atoms with E-state index in [4.69, 9.17) is 16.3 Å². The van der Waals surface area contributed by atoms with Crippen LogP contribution in [0.25, 0.3) is 0 Å². The lowest BCUT2D eigenvalue weighted by atomic mass is 9.72. The molecule has 1 fully saturated rings. The number of urea groups is 1. The molecule has 7 N–H and O–H groups in total. The van der Waals surface area contributed by atoms with Crippen molar-refractivity contribution in [2.45, 2.75) is 24.8 Å². The Labute approximate surface area is 305 Å². The number of phenolic OH excluding ortho intramolecular Hbond substituents is 2. The molecule has 0 aliphatic carbocycles. The van der Waals surface area contributed by atoms with Gasteiger partial charge in [-0.05, 0) is 30.5 Å². The van der Waals surface area contributed by atoms with Gasteiger partial charge in [-0.25, -0.2) is 18.4 Å². The number of carboxylic acids is 1. The molecule has 2 aromatic carbocycles. The third kappa shape index (κ3) is 8.08. The van der Waals surface area contributed by atoms with E-state index in [0.717, 1.165) is 17.0 Å². The first-order valence-electron chi connectivity index (χ1n) is 15.6. The molecule has 2 atom stereocenters. The normalized spacial score (nSPS) is 16.0. The SMILES string of the molecule is O=C(NCCCN1CCN(C(=O)N[C@H](C(=O)N[C@H]2Cc3ccc(F)c(C(=O)O)c3OB2O)c2cc(F)c(O)c(O)c2Cl)C(=O)C1=O)c1cc(F)nc(F)c1. The number of phenols is 2. The number of amides is 6. The summed E-state index contributed by atoms with van der Waals surface area (Å²) in [5.74, 6) is -15.9. The fourth-order valence-electron chi connectivity index (χ4n) is 5.59. The Morgan fingerprint density at radius 3 is 2.35 bits per heavy atom. The van der Waals surface area contributed by atoms with Crippen molar-refractivity contribution in [2.24, 2.45) is 0 Å². The number of rotatable bonds is 10. The van der Waals surface area contributed by atoms with Crippen LogP contribution in [0.15, 0.2) is 30.3 Å². The lowest BCUT2D eigenvalue weighted by Gasteiger charge is -2.34. The Morgan fingerprint density at radius 2 is 1.69 bits per heavy atom. The monoisotopic (exact) mass is 780 g/mol. The maximum atomic E-state index is 14.6. The van der Waals surface area contributed by atoms with E-state index in [1.165, 1.54) is 0 Å². The first-order chi connectivity index (χ1) is 25.5. The van der Waals surface area contributed by atoms with Crippen molar-refractivity contribution in [1.29, 1.82) is 0 Å². The van der Waals surface area contributed by atoms with Crippen LogP contribution in [0.2, 0.25) is 5.02 Å². The Hall–Kier alpha value is -6.16. The second-order valence-corrected chi connectivity index (χ2v) is 12.1. The maximum Gasteiger partial charge on any atom is 0.547 e. The van der Waals surface area contributed by atoms with Crippen molar-refractivity contribution in [3.63, 3.8) is 0 Å². The van der Waals surface area contributed by atoms with E-state index in [0.29, 0.717) is 23.1 Å². The molecule has 2 aliphatic rings. The number of imide groups is 1. The van der Waals surface area contributed by atoms with Gasteiger partial charge in [0.15, 0.2) is 17.3 Å². The number of hydrogen-bond donors (Lipinski definition) is 7. The molecule has 17 nitrogen and oxygen atoms in total. The highest BCUT2D eigenvalue weighted by molar-refractivity contribution is 6.47. The standard InChI is InChI=1S/C31H26BClF4N6O11/c33-21-14(11-16(35)23(44)24(21)45)22(27(47)39-17-8-12-2-3-15(34)20(30(50)51)25(12)54-32(17)53)41-31(52)43-7-6-42(28(48)29(43)49)5-1-4-38-26(46)13-9-18(36)40-19(37)10-13/h2-3,9-11,17,22,44-45,53H,1,4-8H2,(H,38,46)(H,39,47)(H,41,52)(H,50,51)/t17-,22-/m0/s1. The summed E-state index contributed by atoms with van der Waals surface area (Å²) in [6.07, 6.45) is -0.288. The van der Waals surface area contributed by atoms with Crippen molar-refractivity contribution in [1.82, 2.24) is 30.7 Å². The third-order valence-electron chi connectivity index (χ3n) is 8.26. The van der Waals surface area contributed by atoms with Gasteiger partial charge in [-0.3, -0.25) is 24.1 Å². The molecule has 23 heteroatoms. The number of carbonyl (C=O) groups is 6. The molecular weight excluding hydrogens is 755 g/mol. The second kappa shape index (κ2) is 15.8. The first kappa shape index (κ1) is 39.1. The fourth-order valence-corrected chi connectivity index (χ4v) is 5.85. The number of aromatic hydroxyl groups is 2. The van der Waals surface area contributed by atoms with Crippen molar-refractivity contribution in [2.75, 3.05) is 26.2 Å². The van der Waals surface area contributed by atoms with Gasteiger partial charge in [0, 0.05) is 49.4 Å². The van der Waals surface area contributed by atoms with E-state index >= 15 is 0 Å². The summed E-state index contributed by atoms with van der Waals surface area (Å²) in [5.41, 5.74) is -1.84. The minimum Gasteiger partial charge on any atom is -0.534 e. The molecule has 5 rings (SSSR count). The minimum atomic E-state index is -2.10. The average Bonchev–Trinajstić information content (AvgIpc) is 3.11. The molecule has 6 amide bonds. The van der Waals surface area contributed by atoms with Crippen LogP contribution in [0.3, 0.4) is 0 Å². The summed E-state index contributed by atoms with van der Waals surface area (Å²) in [5, 5.41) is 45.9. The zero-order valence-electron chi connectivity index (χ0n) is 27.2. The summed E-state index contributed by atoms with van der Waals surface area (Å²) < 4.78 is 60.6. The number of fused-ring (bicyclic) bond motifs is 1. The topological polar surface area (TPSA) is 248 Å². The number of carbonyl (C=O) groups excluding carboxylic acids is 5. The van der Waals surface area contributed by atoms with Crippen LogP contribution in [0, 0.1) is 23.5 Å². The fraction of sp³-hybridized carbons (Fsp3) is 0.258. The summed E-state index contributed by atoms with van der Waals surface area (Å²) in [7, 11) is -2.00. The van der Waals surface area contributed by atoms with Crippen LogP contribution in [0.1, 0.15) is 44.3 Å². The molecule has 3 aromatic rings. The summed E-state index contributed by atoms with van der Waals surface area (Å²) >= 11 is 6.10. The Balaban J connectivity index is 1.28. The minimum absolute atomic E-state index is 0.0419. The van der Waals surface area contributed by atoms with Gasteiger partial charge in [0.25, 0.3) is 5.91 Å². The highest BCUT2D eigenvalue weighted by Crippen LogP contribution is 2.40. The van der Waals surface area contributed by atoms with Crippen LogP contribution in [0.4, 0.5) is 22.4 Å². The number of benzene rings is 2. The molecule has 1 saturated heterocycles. The van der Waals surface area contributed by atoms with E-state index in [9.17, 15) is 66.7 Å². The molecule has 0 bridgehead atoms. The highest BCUT2D eigenvalue weighted by Gasteiger charge is 2.42. The molecule has 0 radical (unpaired) electrons. The molecule has 0 unspecified atom stereocenters. The summed E-state index contributed by atoms with van der Waals surface area (Å²) in [6, 6.07) is 0.377. The number of nitrogens with zero attached hydrogens (tertiary/aromatic N) is 3. The van der Waals surface area contributed by atoms with E-state index in [1.54, 1.807) is 0 Å². The number of aromatic nitrogens is 1. The molecular formula is C31H26BClF4N6O11. The van der Waals surface area contributed by atoms with Gasteiger partial charge in [-0.2, -0.15) is 13.8 Å². The maximum absolute atomic E-state index is 14.6. The van der Waals surface area contributed by atoms with Crippen molar-refractivity contribution < 1.29 is 71.3 Å². The van der Waals surface area contributed by atoms with Crippen molar-refractivity contribution >= 4 is 54.3 Å². The van der Waals surface area contributed by atoms with Crippen LogP contribution >= 0.6 is 11.6 Å². The molecule has 1 aromatic heterocycles. The van der Waals surface area contributed by atoms with Crippen LogP contribution in [-0.4, -0.2) is 110 Å². The number of halogens is 5. The van der Waals surface area contributed by atoms with Gasteiger partial charge in [0.1, 0.15) is 23.2 Å². The van der Waals surface area contributed by atoms with Crippen molar-refractivity contribution in [3.8, 4) is 17.2 Å². The molecule has 3 heterocycles. The zero-order chi connectivity index (χ0) is 39.6. The van der Waals surface area contributed by atoms with Crippen LogP contribution in [0.5, 0.6) is 17.2 Å². The molecule has 0 saturated carbocycles. The van der Waals surface area contributed by atoms with E-state index in [2.05, 4.69) is 20.9 Å². The molecule has 284 valence electrons. The van der Waals surface area contributed by atoms with Crippen LogP contribution in [-0.2, 0) is 20.8 Å². The molecule has 2 aliphatic heterocycles. The lowest BCUT2D eigenvalue weighted by Crippen LogP contribution is -2.60. The Morgan fingerprint density at radius 1 is 1.00 bits per heavy atom. The molecule has 54 heavy (non-hydrogen) atoms. The zero-order valence-corrected chi connectivity index (χ0v) is 28.0. The lowest BCUT2D eigenvalue weighted by molar-refractivity contribution is -0.153. The van der Waals surface area contributed by atoms with Crippen LogP contribution < -0.4 is 20.6 Å². The number of piperazine rings is 1. The van der Waals surface area contributed by atoms with Crippen molar-refractivity contribution in [3.05, 3.63) is 81.1 Å². The Kier molecular flexibility index (Phi) is 11.5. The van der Waals surface area contributed by atoms with E-state index in [-0.39, 0.29) is 43.6 Å². The predicted molar refractivity (Wildman–Crippen MR) is 173 cm³/mol. The quantitative estimate of drug-likeness (QED) is 0.0377. The number of pyridine rings is 1. The summed E-state index contributed by atoms with van der Waals surface area (Å²) in [4.78, 5) is 81.0. The number of aromatic carboxylic acids is 1. The van der Waals surface area contributed by atoms with E-state index < -0.39 is 118 Å². The van der Waals surface area contributed by atoms with Gasteiger partial charge in [0.05, 0.1) is 11.0 Å². The highest BCUT2D eigenvalue weighted by atomic mass is 35.5. The number of hydrogen-bond acceptors (Lipinski definition) is 11. The van der Waals surface area contributed by atoms with Gasteiger partial charge in [0.2, 0.25) is 17.8 Å². The summed E-state index contributed by atoms with van der Waals surface area (Å²) in [6.45, 7) is -0.876. The first-order valence-corrected chi connectivity index (χ1v) is 16.0. The van der Waals surface area contributed by atoms with Gasteiger partial charge < -0.3 is 45.8 Å². The largest absolute Gasteiger partial charge is 0.547 e. The smallest absolute Gasteiger partial charge is 0.534 e.